The fraction of sp³-hybridized carbons (Fsp3) is 0.231. The zero-order valence-electron chi connectivity index (χ0n) is 10.3. The summed E-state index contributed by atoms with van der Waals surface area (Å²) in [5.41, 5.74) is 6.94. The van der Waals surface area contributed by atoms with Gasteiger partial charge in [-0.15, -0.1) is 0 Å². The molecule has 0 atom stereocenters. The van der Waals surface area contributed by atoms with E-state index in [1.807, 2.05) is 35.2 Å². The van der Waals surface area contributed by atoms with E-state index in [0.29, 0.717) is 25.3 Å². The number of nitrogens with zero attached hydrogens (tertiary/aromatic N) is 2. The fourth-order valence-electron chi connectivity index (χ4n) is 1.84. The first kappa shape index (κ1) is 13.6. The van der Waals surface area contributed by atoms with Gasteiger partial charge in [0.2, 0.25) is 0 Å². The summed E-state index contributed by atoms with van der Waals surface area (Å²) in [4.78, 5) is 13.4. The number of H-pyrrole nitrogens is 1. The van der Waals surface area contributed by atoms with Gasteiger partial charge in [0.05, 0.1) is 11.9 Å². The first-order chi connectivity index (χ1) is 9.22. The van der Waals surface area contributed by atoms with Gasteiger partial charge in [-0.1, -0.05) is 41.9 Å². The topological polar surface area (TPSA) is 75.0 Å². The van der Waals surface area contributed by atoms with E-state index in [0.717, 1.165) is 5.56 Å². The zero-order valence-corrected chi connectivity index (χ0v) is 11.1. The summed E-state index contributed by atoms with van der Waals surface area (Å²) in [6, 6.07) is 9.91. The molecule has 0 saturated heterocycles. The summed E-state index contributed by atoms with van der Waals surface area (Å²) >= 11 is 6.02. The van der Waals surface area contributed by atoms with Crippen molar-refractivity contribution < 1.29 is 0 Å². The van der Waals surface area contributed by atoms with E-state index >= 15 is 0 Å². The second kappa shape index (κ2) is 6.36. The Balaban J connectivity index is 2.30. The van der Waals surface area contributed by atoms with Gasteiger partial charge in [-0.2, -0.15) is 5.10 Å². The van der Waals surface area contributed by atoms with Gasteiger partial charge in [0.15, 0.2) is 0 Å². The molecule has 1 aromatic heterocycles. The molecule has 0 aliphatic rings. The highest BCUT2D eigenvalue weighted by Gasteiger charge is 2.13. The summed E-state index contributed by atoms with van der Waals surface area (Å²) in [7, 11) is 0. The Labute approximate surface area is 116 Å². The first-order valence-corrected chi connectivity index (χ1v) is 6.32. The van der Waals surface area contributed by atoms with Crippen molar-refractivity contribution in [3.8, 4) is 0 Å². The van der Waals surface area contributed by atoms with Crippen LogP contribution in [0.3, 0.4) is 0 Å². The Morgan fingerprint density at radius 3 is 2.74 bits per heavy atom. The largest absolute Gasteiger partial charge is 0.363 e. The molecule has 19 heavy (non-hydrogen) atoms. The van der Waals surface area contributed by atoms with Crippen molar-refractivity contribution >= 4 is 17.3 Å². The van der Waals surface area contributed by atoms with Crippen molar-refractivity contribution in [2.75, 3.05) is 18.0 Å². The Kier molecular flexibility index (Phi) is 4.54. The summed E-state index contributed by atoms with van der Waals surface area (Å²) in [6.07, 6.45) is 1.54. The molecule has 100 valence electrons. The van der Waals surface area contributed by atoms with Gasteiger partial charge in [-0.3, -0.25) is 4.79 Å². The van der Waals surface area contributed by atoms with E-state index in [2.05, 4.69) is 10.2 Å². The number of halogens is 1. The molecule has 0 unspecified atom stereocenters. The second-order valence-corrected chi connectivity index (χ2v) is 4.47. The molecule has 0 aliphatic heterocycles. The molecule has 0 bridgehead atoms. The number of nitrogens with one attached hydrogen (secondary N) is 1. The number of benzene rings is 1. The highest BCUT2D eigenvalue weighted by Crippen LogP contribution is 2.22. The van der Waals surface area contributed by atoms with Crippen molar-refractivity contribution in [1.82, 2.24) is 10.2 Å². The molecule has 3 N–H and O–H groups in total. The number of anilines is 1. The standard InChI is InChI=1S/C13H15ClN4O/c14-12-11(8-16-17-13(12)19)18(7-6-15)9-10-4-2-1-3-5-10/h1-5,8H,6-7,9,15H2,(H,17,19). The van der Waals surface area contributed by atoms with Crippen LogP contribution in [-0.2, 0) is 6.54 Å². The maximum atomic E-state index is 11.5. The molecule has 1 heterocycles. The van der Waals surface area contributed by atoms with Crippen molar-refractivity contribution in [3.63, 3.8) is 0 Å². The maximum absolute atomic E-state index is 11.5. The Morgan fingerprint density at radius 1 is 1.32 bits per heavy atom. The van der Waals surface area contributed by atoms with Crippen molar-refractivity contribution in [3.05, 3.63) is 57.5 Å². The Morgan fingerprint density at radius 2 is 2.05 bits per heavy atom. The zero-order chi connectivity index (χ0) is 13.7. The quantitative estimate of drug-likeness (QED) is 0.867. The Hall–Kier alpha value is -1.85. The smallest absolute Gasteiger partial charge is 0.285 e. The molecule has 0 fully saturated rings. The van der Waals surface area contributed by atoms with Crippen LogP contribution in [0, 0.1) is 0 Å². The Bertz CT molecular complexity index is 585. The minimum Gasteiger partial charge on any atom is -0.363 e. The lowest BCUT2D eigenvalue weighted by atomic mass is 10.2. The molecule has 2 aromatic rings. The lowest BCUT2D eigenvalue weighted by Crippen LogP contribution is -2.30. The highest BCUT2D eigenvalue weighted by molar-refractivity contribution is 6.32. The van der Waals surface area contributed by atoms with Gasteiger partial charge < -0.3 is 10.6 Å². The number of nitrogens with two attached hydrogens (primary N) is 1. The molecular weight excluding hydrogens is 264 g/mol. The summed E-state index contributed by atoms with van der Waals surface area (Å²) < 4.78 is 0. The van der Waals surface area contributed by atoms with Crippen LogP contribution in [0.4, 0.5) is 5.69 Å². The molecule has 0 radical (unpaired) electrons. The van der Waals surface area contributed by atoms with E-state index in [4.69, 9.17) is 17.3 Å². The maximum Gasteiger partial charge on any atom is 0.285 e. The molecule has 0 saturated carbocycles. The van der Waals surface area contributed by atoms with E-state index in [1.54, 1.807) is 6.20 Å². The minimum absolute atomic E-state index is 0.138. The van der Waals surface area contributed by atoms with Crippen LogP contribution in [0.5, 0.6) is 0 Å². The monoisotopic (exact) mass is 278 g/mol. The summed E-state index contributed by atoms with van der Waals surface area (Å²) in [5, 5.41) is 6.23. The SMILES string of the molecule is NCCN(Cc1ccccc1)c1cn[nH]c(=O)c1Cl. The van der Waals surface area contributed by atoms with Crippen molar-refractivity contribution in [2.24, 2.45) is 5.73 Å². The predicted molar refractivity (Wildman–Crippen MR) is 76.4 cm³/mol. The first-order valence-electron chi connectivity index (χ1n) is 5.94. The molecule has 0 spiro atoms. The lowest BCUT2D eigenvalue weighted by Gasteiger charge is -2.24. The van der Waals surface area contributed by atoms with Crippen LogP contribution >= 0.6 is 11.6 Å². The molecular formula is C13H15ClN4O. The summed E-state index contributed by atoms with van der Waals surface area (Å²) in [6.45, 7) is 1.69. The third-order valence-corrected chi connectivity index (χ3v) is 3.10. The van der Waals surface area contributed by atoms with Gasteiger partial charge >= 0.3 is 0 Å². The van der Waals surface area contributed by atoms with Crippen molar-refractivity contribution in [2.45, 2.75) is 6.54 Å². The van der Waals surface area contributed by atoms with Gasteiger partial charge in [-0.05, 0) is 5.56 Å². The van der Waals surface area contributed by atoms with Crippen molar-refractivity contribution in [1.29, 1.82) is 0 Å². The van der Waals surface area contributed by atoms with Crippen LogP contribution in [-0.4, -0.2) is 23.3 Å². The molecule has 1 aromatic carbocycles. The second-order valence-electron chi connectivity index (χ2n) is 4.09. The van der Waals surface area contributed by atoms with E-state index in [1.165, 1.54) is 0 Å². The number of aromatic amines is 1. The minimum atomic E-state index is -0.394. The number of rotatable bonds is 5. The van der Waals surface area contributed by atoms with Gasteiger partial charge in [0, 0.05) is 19.6 Å². The molecule has 0 amide bonds. The molecule has 5 nitrogen and oxygen atoms in total. The number of hydrogen-bond acceptors (Lipinski definition) is 4. The van der Waals surface area contributed by atoms with Crippen LogP contribution in [0.25, 0.3) is 0 Å². The lowest BCUT2D eigenvalue weighted by molar-refractivity contribution is 0.781. The molecule has 6 heteroatoms. The van der Waals surface area contributed by atoms with Crippen LogP contribution in [0.15, 0.2) is 41.3 Å². The van der Waals surface area contributed by atoms with E-state index in [9.17, 15) is 4.79 Å². The van der Waals surface area contributed by atoms with Crippen LogP contribution in [0.1, 0.15) is 5.56 Å². The van der Waals surface area contributed by atoms with Gasteiger partial charge in [0.1, 0.15) is 5.02 Å². The van der Waals surface area contributed by atoms with E-state index in [-0.39, 0.29) is 5.02 Å². The predicted octanol–water partition coefficient (Wildman–Crippen LogP) is 1.39. The highest BCUT2D eigenvalue weighted by atomic mass is 35.5. The third-order valence-electron chi connectivity index (χ3n) is 2.73. The molecule has 0 aliphatic carbocycles. The fourth-order valence-corrected chi connectivity index (χ4v) is 2.05. The van der Waals surface area contributed by atoms with Gasteiger partial charge in [0.25, 0.3) is 5.56 Å². The number of aromatic nitrogens is 2. The average molecular weight is 279 g/mol. The average Bonchev–Trinajstić information content (AvgIpc) is 2.43. The van der Waals surface area contributed by atoms with Crippen LogP contribution < -0.4 is 16.2 Å². The summed E-state index contributed by atoms with van der Waals surface area (Å²) in [5.74, 6) is 0. The molecule has 2 rings (SSSR count). The van der Waals surface area contributed by atoms with E-state index < -0.39 is 5.56 Å². The number of hydrogen-bond donors (Lipinski definition) is 2. The van der Waals surface area contributed by atoms with Gasteiger partial charge in [-0.25, -0.2) is 5.10 Å². The normalized spacial score (nSPS) is 10.4. The van der Waals surface area contributed by atoms with Crippen LogP contribution in [0.2, 0.25) is 5.02 Å². The third kappa shape index (κ3) is 3.33.